The number of nitrogens with zero attached hydrogens (tertiary/aromatic N) is 4. The second-order valence-corrected chi connectivity index (χ2v) is 7.35. The predicted molar refractivity (Wildman–Crippen MR) is 97.2 cm³/mol. The number of aryl methyl sites for hydroxylation is 1. The van der Waals surface area contributed by atoms with Gasteiger partial charge in [0, 0.05) is 35.5 Å². The maximum absolute atomic E-state index is 12.8. The van der Waals surface area contributed by atoms with E-state index < -0.39 is 0 Å². The third-order valence-corrected chi connectivity index (χ3v) is 5.91. The molecule has 0 saturated carbocycles. The standard InChI is InChI=1S/C18H22N4O2S/c1-2-14-9-13(11-25-14)18(23)22-4-3-15-16(10-22)19-12-20-17(15)21-5-7-24-8-6-21/h9,11-12H,2-8,10H2,1H3. The lowest BCUT2D eigenvalue weighted by Crippen LogP contribution is -2.40. The van der Waals surface area contributed by atoms with E-state index in [1.807, 2.05) is 16.3 Å². The molecular weight excluding hydrogens is 336 g/mol. The molecule has 0 unspecified atom stereocenters. The summed E-state index contributed by atoms with van der Waals surface area (Å²) in [6, 6.07) is 2.02. The van der Waals surface area contributed by atoms with Crippen LogP contribution in [0.2, 0.25) is 0 Å². The molecule has 132 valence electrons. The molecule has 0 aliphatic carbocycles. The molecule has 2 aromatic rings. The highest BCUT2D eigenvalue weighted by molar-refractivity contribution is 7.10. The molecule has 1 amide bonds. The average Bonchev–Trinajstić information content (AvgIpc) is 3.16. The fourth-order valence-corrected chi connectivity index (χ4v) is 4.23. The summed E-state index contributed by atoms with van der Waals surface area (Å²) in [5.74, 6) is 1.12. The second kappa shape index (κ2) is 7.09. The Labute approximate surface area is 151 Å². The monoisotopic (exact) mass is 358 g/mol. The number of aromatic nitrogens is 2. The molecule has 0 aromatic carbocycles. The molecule has 0 spiro atoms. The van der Waals surface area contributed by atoms with Crippen LogP contribution in [-0.2, 0) is 24.1 Å². The summed E-state index contributed by atoms with van der Waals surface area (Å²) in [6.45, 7) is 6.59. The molecule has 6 nitrogen and oxygen atoms in total. The Bertz CT molecular complexity index is 770. The van der Waals surface area contributed by atoms with E-state index in [1.54, 1.807) is 17.7 Å². The topological polar surface area (TPSA) is 58.6 Å². The molecule has 0 N–H and O–H groups in total. The van der Waals surface area contributed by atoms with Gasteiger partial charge in [-0.15, -0.1) is 11.3 Å². The highest BCUT2D eigenvalue weighted by Crippen LogP contribution is 2.27. The van der Waals surface area contributed by atoms with Gasteiger partial charge in [-0.05, 0) is 18.9 Å². The number of rotatable bonds is 3. The summed E-state index contributed by atoms with van der Waals surface area (Å²) in [7, 11) is 0. The van der Waals surface area contributed by atoms with E-state index in [2.05, 4.69) is 21.8 Å². The van der Waals surface area contributed by atoms with Crippen LogP contribution in [-0.4, -0.2) is 53.6 Å². The van der Waals surface area contributed by atoms with Gasteiger partial charge in [-0.2, -0.15) is 0 Å². The number of anilines is 1. The number of carbonyl (C=O) groups excluding carboxylic acids is 1. The van der Waals surface area contributed by atoms with Crippen molar-refractivity contribution in [1.29, 1.82) is 0 Å². The minimum absolute atomic E-state index is 0.105. The van der Waals surface area contributed by atoms with Gasteiger partial charge in [-0.3, -0.25) is 4.79 Å². The average molecular weight is 358 g/mol. The molecule has 2 aliphatic heterocycles. The normalized spacial score (nSPS) is 17.5. The van der Waals surface area contributed by atoms with Crippen molar-refractivity contribution in [3.8, 4) is 0 Å². The summed E-state index contributed by atoms with van der Waals surface area (Å²) in [6.07, 6.45) is 3.40. The molecule has 1 fully saturated rings. The summed E-state index contributed by atoms with van der Waals surface area (Å²) >= 11 is 1.66. The highest BCUT2D eigenvalue weighted by atomic mass is 32.1. The van der Waals surface area contributed by atoms with Gasteiger partial charge in [0.15, 0.2) is 0 Å². The van der Waals surface area contributed by atoms with Gasteiger partial charge in [0.25, 0.3) is 5.91 Å². The number of carbonyl (C=O) groups is 1. The van der Waals surface area contributed by atoms with E-state index in [-0.39, 0.29) is 5.91 Å². The van der Waals surface area contributed by atoms with Gasteiger partial charge in [-0.25, -0.2) is 9.97 Å². The summed E-state index contributed by atoms with van der Waals surface area (Å²) in [5, 5.41) is 1.97. The van der Waals surface area contributed by atoms with Crippen molar-refractivity contribution in [3.05, 3.63) is 39.5 Å². The molecule has 4 heterocycles. The number of hydrogen-bond donors (Lipinski definition) is 0. The first-order valence-electron chi connectivity index (χ1n) is 8.78. The first-order valence-corrected chi connectivity index (χ1v) is 9.66. The van der Waals surface area contributed by atoms with E-state index in [0.29, 0.717) is 13.1 Å². The Morgan fingerprint density at radius 1 is 1.28 bits per heavy atom. The fourth-order valence-electron chi connectivity index (χ4n) is 3.42. The lowest BCUT2D eigenvalue weighted by molar-refractivity contribution is 0.0732. The van der Waals surface area contributed by atoms with Crippen molar-refractivity contribution in [2.24, 2.45) is 0 Å². The van der Waals surface area contributed by atoms with Crippen molar-refractivity contribution in [2.45, 2.75) is 26.3 Å². The van der Waals surface area contributed by atoms with Crippen LogP contribution in [0.15, 0.2) is 17.8 Å². The lowest BCUT2D eigenvalue weighted by Gasteiger charge is -2.33. The number of fused-ring (bicyclic) bond motifs is 1. The minimum Gasteiger partial charge on any atom is -0.378 e. The largest absolute Gasteiger partial charge is 0.378 e. The number of morpholine rings is 1. The highest BCUT2D eigenvalue weighted by Gasteiger charge is 2.27. The van der Waals surface area contributed by atoms with Crippen LogP contribution >= 0.6 is 11.3 Å². The van der Waals surface area contributed by atoms with E-state index in [0.717, 1.165) is 56.2 Å². The number of amides is 1. The van der Waals surface area contributed by atoms with Crippen molar-refractivity contribution in [1.82, 2.24) is 14.9 Å². The maximum atomic E-state index is 12.8. The van der Waals surface area contributed by atoms with Crippen molar-refractivity contribution in [2.75, 3.05) is 37.7 Å². The molecule has 7 heteroatoms. The third kappa shape index (κ3) is 3.26. The molecule has 2 aliphatic rings. The van der Waals surface area contributed by atoms with E-state index in [9.17, 15) is 4.79 Å². The first kappa shape index (κ1) is 16.5. The molecule has 4 rings (SSSR count). The van der Waals surface area contributed by atoms with Gasteiger partial charge >= 0.3 is 0 Å². The lowest BCUT2D eigenvalue weighted by atomic mass is 10.0. The van der Waals surface area contributed by atoms with Crippen LogP contribution in [0.4, 0.5) is 5.82 Å². The predicted octanol–water partition coefficient (Wildman–Crippen LogP) is 2.14. The molecule has 25 heavy (non-hydrogen) atoms. The Kier molecular flexibility index (Phi) is 4.67. The Balaban J connectivity index is 1.54. The smallest absolute Gasteiger partial charge is 0.255 e. The van der Waals surface area contributed by atoms with Gasteiger partial charge in [0.1, 0.15) is 12.1 Å². The Morgan fingerprint density at radius 3 is 2.88 bits per heavy atom. The van der Waals surface area contributed by atoms with Crippen LogP contribution < -0.4 is 4.90 Å². The minimum atomic E-state index is 0.105. The summed E-state index contributed by atoms with van der Waals surface area (Å²) in [4.78, 5) is 27.2. The van der Waals surface area contributed by atoms with Crippen molar-refractivity contribution < 1.29 is 9.53 Å². The van der Waals surface area contributed by atoms with Crippen LogP contribution in [0.5, 0.6) is 0 Å². The van der Waals surface area contributed by atoms with Gasteiger partial charge in [-0.1, -0.05) is 6.92 Å². The molecule has 2 aromatic heterocycles. The van der Waals surface area contributed by atoms with Gasteiger partial charge in [0.2, 0.25) is 0 Å². The van der Waals surface area contributed by atoms with Crippen LogP contribution in [0.3, 0.4) is 0 Å². The van der Waals surface area contributed by atoms with Gasteiger partial charge in [0.05, 0.1) is 31.0 Å². The number of ether oxygens (including phenoxy) is 1. The number of thiophene rings is 1. The van der Waals surface area contributed by atoms with Crippen molar-refractivity contribution in [3.63, 3.8) is 0 Å². The molecular formula is C18H22N4O2S. The van der Waals surface area contributed by atoms with Crippen molar-refractivity contribution >= 4 is 23.1 Å². The van der Waals surface area contributed by atoms with E-state index in [1.165, 1.54) is 10.4 Å². The Hall–Kier alpha value is -1.99. The quantitative estimate of drug-likeness (QED) is 0.841. The second-order valence-electron chi connectivity index (χ2n) is 6.35. The molecule has 0 bridgehead atoms. The van der Waals surface area contributed by atoms with Crippen LogP contribution in [0.25, 0.3) is 0 Å². The number of hydrogen-bond acceptors (Lipinski definition) is 6. The first-order chi connectivity index (χ1) is 12.3. The van der Waals surface area contributed by atoms with Gasteiger partial charge < -0.3 is 14.5 Å². The molecule has 0 radical (unpaired) electrons. The molecule has 0 atom stereocenters. The maximum Gasteiger partial charge on any atom is 0.255 e. The van der Waals surface area contributed by atoms with Crippen LogP contribution in [0, 0.1) is 0 Å². The zero-order valence-electron chi connectivity index (χ0n) is 14.4. The van der Waals surface area contributed by atoms with Crippen LogP contribution in [0.1, 0.15) is 33.4 Å². The Morgan fingerprint density at radius 2 is 2.12 bits per heavy atom. The third-order valence-electron chi connectivity index (χ3n) is 4.83. The van der Waals surface area contributed by atoms with E-state index >= 15 is 0 Å². The fraction of sp³-hybridized carbons (Fsp3) is 0.500. The SMILES string of the molecule is CCc1cc(C(=O)N2CCc3c(ncnc3N3CCOCC3)C2)cs1. The molecule has 1 saturated heterocycles. The van der Waals surface area contributed by atoms with E-state index in [4.69, 9.17) is 4.74 Å². The summed E-state index contributed by atoms with van der Waals surface area (Å²) < 4.78 is 5.44. The zero-order valence-corrected chi connectivity index (χ0v) is 15.2. The summed E-state index contributed by atoms with van der Waals surface area (Å²) in [5.41, 5.74) is 2.96. The zero-order chi connectivity index (χ0) is 17.2.